The Morgan fingerprint density at radius 1 is 0.929 bits per heavy atom. The molecule has 0 saturated carbocycles. The number of rotatable bonds is 2. The summed E-state index contributed by atoms with van der Waals surface area (Å²) in [4.78, 5) is 2.44. The molecule has 144 valence electrons. The summed E-state index contributed by atoms with van der Waals surface area (Å²) in [6, 6.07) is 21.8. The molecule has 1 aliphatic rings. The maximum Gasteiger partial charge on any atom is 0.283 e. The Morgan fingerprint density at radius 2 is 1.64 bits per heavy atom. The molecule has 0 fully saturated rings. The van der Waals surface area contributed by atoms with Gasteiger partial charge in [-0.15, -0.1) is 0 Å². The van der Waals surface area contributed by atoms with Gasteiger partial charge < -0.3 is 5.32 Å². The van der Waals surface area contributed by atoms with Crippen molar-refractivity contribution >= 4 is 17.2 Å². The van der Waals surface area contributed by atoms with Gasteiger partial charge in [-0.25, -0.2) is 9.47 Å². The van der Waals surface area contributed by atoms with Crippen molar-refractivity contribution in [2.45, 2.75) is 46.2 Å². The van der Waals surface area contributed by atoms with Crippen molar-refractivity contribution < 1.29 is 4.57 Å². The first-order chi connectivity index (χ1) is 13.3. The van der Waals surface area contributed by atoms with E-state index in [4.69, 9.17) is 0 Å². The number of benzene rings is 2. The Morgan fingerprint density at radius 3 is 2.36 bits per heavy atom. The number of hydrogen-bond acceptors (Lipinski definition) is 2. The Labute approximate surface area is 168 Å². The summed E-state index contributed by atoms with van der Waals surface area (Å²) in [6.07, 6.45) is 0.192. The van der Waals surface area contributed by atoms with Gasteiger partial charge in [0.05, 0.1) is 12.7 Å². The van der Waals surface area contributed by atoms with Gasteiger partial charge in [-0.2, -0.15) is 0 Å². The first-order valence-electron chi connectivity index (χ1n) is 10.0. The van der Waals surface area contributed by atoms with Gasteiger partial charge in [0.2, 0.25) is 0 Å². The summed E-state index contributed by atoms with van der Waals surface area (Å²) < 4.78 is 2.31. The van der Waals surface area contributed by atoms with Gasteiger partial charge in [-0.3, -0.25) is 0 Å². The molecule has 0 bridgehead atoms. The van der Waals surface area contributed by atoms with E-state index in [2.05, 4.69) is 117 Å². The Hall–Kier alpha value is -2.81. The lowest BCUT2D eigenvalue weighted by Crippen LogP contribution is -2.42. The second-order valence-electron chi connectivity index (χ2n) is 8.79. The van der Waals surface area contributed by atoms with Crippen LogP contribution in [0.5, 0.6) is 0 Å². The normalized spacial score (nSPS) is 16.1. The van der Waals surface area contributed by atoms with Crippen molar-refractivity contribution in [2.75, 3.05) is 10.2 Å². The minimum atomic E-state index is 0.0710. The summed E-state index contributed by atoms with van der Waals surface area (Å²) in [7, 11) is 2.17. The number of nitrogens with one attached hydrogen (secondary N) is 1. The second-order valence-corrected chi connectivity index (χ2v) is 8.79. The molecule has 0 spiro atoms. The Balaban J connectivity index is 1.91. The summed E-state index contributed by atoms with van der Waals surface area (Å²) in [6.45, 7) is 11.3. The highest BCUT2D eigenvalue weighted by Gasteiger charge is 2.39. The van der Waals surface area contributed by atoms with Gasteiger partial charge in [0, 0.05) is 17.2 Å². The average Bonchev–Trinajstić information content (AvgIpc) is 2.97. The van der Waals surface area contributed by atoms with Gasteiger partial charge in [0.15, 0.2) is 11.9 Å². The first-order valence-corrected chi connectivity index (χ1v) is 10.0. The van der Waals surface area contributed by atoms with E-state index in [9.17, 15) is 0 Å². The molecular formula is C25H30N3+. The number of pyridine rings is 1. The molecule has 0 saturated heterocycles. The maximum absolute atomic E-state index is 3.67. The van der Waals surface area contributed by atoms with Crippen molar-refractivity contribution in [3.8, 4) is 11.3 Å². The molecule has 0 amide bonds. The van der Waals surface area contributed by atoms with Crippen LogP contribution in [0.1, 0.15) is 38.8 Å². The van der Waals surface area contributed by atoms with Gasteiger partial charge in [0.25, 0.3) is 5.82 Å². The molecule has 0 radical (unpaired) electrons. The smallest absolute Gasteiger partial charge is 0.283 e. The molecule has 3 aromatic rings. The zero-order valence-corrected chi connectivity index (χ0v) is 17.7. The molecule has 1 atom stereocenters. The summed E-state index contributed by atoms with van der Waals surface area (Å²) in [5, 5.41) is 3.67. The largest absolute Gasteiger partial charge is 0.344 e. The summed E-state index contributed by atoms with van der Waals surface area (Å²) >= 11 is 0. The van der Waals surface area contributed by atoms with Crippen LogP contribution in [-0.4, -0.2) is 6.17 Å². The molecule has 1 aromatic heterocycles. The topological polar surface area (TPSA) is 19.1 Å². The van der Waals surface area contributed by atoms with Crippen LogP contribution >= 0.6 is 0 Å². The predicted octanol–water partition coefficient (Wildman–Crippen LogP) is 5.69. The number of aryl methyl sites for hydroxylation is 1. The molecule has 2 aromatic carbocycles. The SMILES string of the molecule is Cc1ccccc1-c1cccc(N2c3c(cccc3C(C)(C)C)N[C@H]2C)[n+]1C. The number of nitrogens with zero attached hydrogens (tertiary/aromatic N) is 2. The highest BCUT2D eigenvalue weighted by atomic mass is 15.4. The lowest BCUT2D eigenvalue weighted by Gasteiger charge is -2.25. The van der Waals surface area contributed by atoms with Crippen LogP contribution < -0.4 is 14.8 Å². The zero-order valence-electron chi connectivity index (χ0n) is 17.7. The number of aromatic nitrogens is 1. The fourth-order valence-electron chi connectivity index (χ4n) is 4.27. The van der Waals surface area contributed by atoms with Crippen molar-refractivity contribution in [3.63, 3.8) is 0 Å². The molecule has 1 aliphatic heterocycles. The fraction of sp³-hybridized carbons (Fsp3) is 0.320. The van der Waals surface area contributed by atoms with Crippen LogP contribution in [0, 0.1) is 6.92 Å². The highest BCUT2D eigenvalue weighted by molar-refractivity contribution is 5.84. The molecule has 3 heteroatoms. The fourth-order valence-corrected chi connectivity index (χ4v) is 4.27. The van der Waals surface area contributed by atoms with Crippen LogP contribution in [0.15, 0.2) is 60.7 Å². The van der Waals surface area contributed by atoms with Gasteiger partial charge >= 0.3 is 0 Å². The third kappa shape index (κ3) is 2.95. The molecular weight excluding hydrogens is 342 g/mol. The van der Waals surface area contributed by atoms with Crippen LogP contribution in [-0.2, 0) is 12.5 Å². The van der Waals surface area contributed by atoms with E-state index in [-0.39, 0.29) is 11.6 Å². The third-order valence-corrected chi connectivity index (χ3v) is 5.71. The third-order valence-electron chi connectivity index (χ3n) is 5.71. The number of para-hydroxylation sites is 1. The Kier molecular flexibility index (Phi) is 4.41. The van der Waals surface area contributed by atoms with Crippen LogP contribution in [0.25, 0.3) is 11.3 Å². The van der Waals surface area contributed by atoms with Crippen molar-refractivity contribution in [1.29, 1.82) is 0 Å². The van der Waals surface area contributed by atoms with E-state index >= 15 is 0 Å². The summed E-state index contributed by atoms with van der Waals surface area (Å²) in [5.74, 6) is 1.19. The molecule has 2 heterocycles. The van der Waals surface area contributed by atoms with E-state index in [1.165, 1.54) is 39.6 Å². The lowest BCUT2D eigenvalue weighted by atomic mass is 9.85. The average molecular weight is 373 g/mol. The molecule has 3 nitrogen and oxygen atoms in total. The highest BCUT2D eigenvalue weighted by Crippen LogP contribution is 2.45. The maximum atomic E-state index is 3.67. The van der Waals surface area contributed by atoms with Crippen LogP contribution in [0.3, 0.4) is 0 Å². The molecule has 4 rings (SSSR count). The van der Waals surface area contributed by atoms with Gasteiger partial charge in [0.1, 0.15) is 5.69 Å². The zero-order chi connectivity index (χ0) is 20.1. The quantitative estimate of drug-likeness (QED) is 0.583. The number of anilines is 3. The minimum Gasteiger partial charge on any atom is -0.344 e. The first kappa shape index (κ1) is 18.5. The molecule has 0 unspecified atom stereocenters. The standard InChI is InChI=1S/C25H30N3/c1-17-11-7-8-12-19(17)22-15-10-16-23(27(22)6)28-18(2)26-21-14-9-13-20(24(21)28)25(3,4)5/h7-16,18,26H,1-6H3/q+1/t18-/m1/s1. The van der Waals surface area contributed by atoms with E-state index in [1.54, 1.807) is 0 Å². The lowest BCUT2D eigenvalue weighted by molar-refractivity contribution is -0.647. The van der Waals surface area contributed by atoms with Gasteiger partial charge in [-0.05, 0) is 43.0 Å². The molecule has 28 heavy (non-hydrogen) atoms. The molecule has 1 N–H and O–H groups in total. The predicted molar refractivity (Wildman–Crippen MR) is 118 cm³/mol. The summed E-state index contributed by atoms with van der Waals surface area (Å²) in [5.41, 5.74) is 7.73. The number of hydrogen-bond donors (Lipinski definition) is 1. The number of fused-ring (bicyclic) bond motifs is 1. The van der Waals surface area contributed by atoms with Gasteiger partial charge in [-0.1, -0.05) is 57.2 Å². The van der Waals surface area contributed by atoms with E-state index in [0.717, 1.165) is 0 Å². The van der Waals surface area contributed by atoms with E-state index in [0.29, 0.717) is 0 Å². The van der Waals surface area contributed by atoms with Crippen molar-refractivity contribution in [2.24, 2.45) is 7.05 Å². The molecule has 0 aliphatic carbocycles. The van der Waals surface area contributed by atoms with E-state index < -0.39 is 0 Å². The van der Waals surface area contributed by atoms with Crippen molar-refractivity contribution in [3.05, 3.63) is 71.8 Å². The monoisotopic (exact) mass is 372 g/mol. The van der Waals surface area contributed by atoms with Crippen LogP contribution in [0.2, 0.25) is 0 Å². The second kappa shape index (κ2) is 6.66. The van der Waals surface area contributed by atoms with Crippen molar-refractivity contribution in [1.82, 2.24) is 0 Å². The Bertz CT molecular complexity index is 1030. The minimum absolute atomic E-state index is 0.0710. The van der Waals surface area contributed by atoms with E-state index in [1.807, 2.05) is 0 Å². The van der Waals surface area contributed by atoms with Crippen LogP contribution in [0.4, 0.5) is 17.2 Å².